The van der Waals surface area contributed by atoms with E-state index in [2.05, 4.69) is 10.3 Å². The maximum atomic E-state index is 15.3. The lowest BCUT2D eigenvalue weighted by atomic mass is 9.99. The Bertz CT molecular complexity index is 1710. The summed E-state index contributed by atoms with van der Waals surface area (Å²) in [6, 6.07) is 20.8. The van der Waals surface area contributed by atoms with Gasteiger partial charge in [0, 0.05) is 29.0 Å². The second-order valence-corrected chi connectivity index (χ2v) is 9.83. The molecule has 0 aliphatic rings. The van der Waals surface area contributed by atoms with Gasteiger partial charge in [-0.3, -0.25) is 19.3 Å². The largest absolute Gasteiger partial charge is 0.389 e. The number of rotatable bonds is 6. The minimum atomic E-state index is -1.14. The molecule has 2 aromatic heterocycles. The first-order valence-electron chi connectivity index (χ1n) is 12.2. The number of para-hydroxylation sites is 1. The van der Waals surface area contributed by atoms with Gasteiger partial charge >= 0.3 is 0 Å². The van der Waals surface area contributed by atoms with Crippen LogP contribution in [0.4, 0.5) is 10.1 Å². The molecule has 5 aromatic rings. The summed E-state index contributed by atoms with van der Waals surface area (Å²) in [4.78, 5) is 30.9. The number of carbonyl (C=O) groups is 1. The molecule has 0 bridgehead atoms. The molecule has 0 aliphatic carbocycles. The molecule has 8 heteroatoms. The van der Waals surface area contributed by atoms with Crippen LogP contribution in [0.5, 0.6) is 0 Å². The van der Waals surface area contributed by atoms with Crippen LogP contribution in [0.15, 0.2) is 90.0 Å². The third-order valence-corrected chi connectivity index (χ3v) is 6.36. The average molecular weight is 511 g/mol. The van der Waals surface area contributed by atoms with Crippen molar-refractivity contribution >= 4 is 22.4 Å². The monoisotopic (exact) mass is 510 g/mol. The molecule has 38 heavy (non-hydrogen) atoms. The number of aliphatic hydroxyl groups is 1. The highest BCUT2D eigenvalue weighted by atomic mass is 19.1. The Labute approximate surface area is 218 Å². The second kappa shape index (κ2) is 9.72. The lowest BCUT2D eigenvalue weighted by molar-refractivity contribution is 0.0546. The summed E-state index contributed by atoms with van der Waals surface area (Å²) >= 11 is 0. The molecular formula is C30H27FN4O3. The van der Waals surface area contributed by atoms with E-state index in [1.165, 1.54) is 10.7 Å². The van der Waals surface area contributed by atoms with E-state index >= 15 is 4.39 Å². The number of anilines is 1. The molecule has 0 fully saturated rings. The first-order chi connectivity index (χ1) is 18.1. The van der Waals surface area contributed by atoms with Gasteiger partial charge in [0.15, 0.2) is 0 Å². The molecular weight excluding hydrogens is 483 g/mol. The molecule has 0 unspecified atom stereocenters. The number of carbonyl (C=O) groups excluding carboxylic acids is 1. The molecule has 0 atom stereocenters. The van der Waals surface area contributed by atoms with E-state index < -0.39 is 22.9 Å². The van der Waals surface area contributed by atoms with Gasteiger partial charge in [-0.25, -0.2) is 9.07 Å². The van der Waals surface area contributed by atoms with Crippen LogP contribution in [0, 0.1) is 12.7 Å². The maximum Gasteiger partial charge on any atom is 0.284 e. The molecule has 0 saturated carbocycles. The van der Waals surface area contributed by atoms with Crippen molar-refractivity contribution in [3.63, 3.8) is 0 Å². The Morgan fingerprint density at radius 2 is 1.79 bits per heavy atom. The molecule has 0 radical (unpaired) electrons. The van der Waals surface area contributed by atoms with Gasteiger partial charge in [-0.2, -0.15) is 0 Å². The Balaban J connectivity index is 1.51. The number of benzene rings is 3. The normalized spacial score (nSPS) is 11.6. The van der Waals surface area contributed by atoms with Crippen molar-refractivity contribution in [1.29, 1.82) is 0 Å². The van der Waals surface area contributed by atoms with Crippen LogP contribution in [0.2, 0.25) is 0 Å². The number of aromatic nitrogens is 3. The molecule has 192 valence electrons. The van der Waals surface area contributed by atoms with Crippen molar-refractivity contribution in [2.45, 2.75) is 32.9 Å². The van der Waals surface area contributed by atoms with Crippen molar-refractivity contribution in [3.05, 3.63) is 113 Å². The summed E-state index contributed by atoms with van der Waals surface area (Å²) in [5, 5.41) is 14.9. The number of amides is 1. The van der Waals surface area contributed by atoms with Crippen molar-refractivity contribution in [3.8, 4) is 16.8 Å². The van der Waals surface area contributed by atoms with Gasteiger partial charge in [-0.1, -0.05) is 36.4 Å². The lowest BCUT2D eigenvalue weighted by Gasteiger charge is -2.22. The number of nitrogens with zero attached hydrogens (tertiary/aromatic N) is 3. The van der Waals surface area contributed by atoms with Gasteiger partial charge in [0.05, 0.1) is 23.5 Å². The zero-order valence-corrected chi connectivity index (χ0v) is 21.3. The predicted octanol–water partition coefficient (Wildman–Crippen LogP) is 5.32. The van der Waals surface area contributed by atoms with Crippen molar-refractivity contribution in [2.24, 2.45) is 0 Å². The van der Waals surface area contributed by atoms with Crippen molar-refractivity contribution in [2.75, 3.05) is 5.32 Å². The summed E-state index contributed by atoms with van der Waals surface area (Å²) in [5.41, 5.74) is 0.519. The SMILES string of the molecule is Cc1c(C(=O)Nc2ccc(-c3cccc4cnccc34)c(F)c2)c(=O)n(-c2ccccc2)n1CC(C)(C)O. The van der Waals surface area contributed by atoms with Crippen molar-refractivity contribution in [1.82, 2.24) is 14.3 Å². The number of nitrogens with one attached hydrogen (secondary N) is 1. The quantitative estimate of drug-likeness (QED) is 0.323. The van der Waals surface area contributed by atoms with E-state index in [4.69, 9.17) is 0 Å². The fourth-order valence-corrected chi connectivity index (χ4v) is 4.65. The van der Waals surface area contributed by atoms with Gasteiger partial charge in [-0.15, -0.1) is 0 Å². The topological polar surface area (TPSA) is 89.2 Å². The van der Waals surface area contributed by atoms with Gasteiger partial charge in [0.2, 0.25) is 0 Å². The Morgan fingerprint density at radius 1 is 1.03 bits per heavy atom. The number of hydrogen-bond acceptors (Lipinski definition) is 4. The minimum Gasteiger partial charge on any atom is -0.389 e. The van der Waals surface area contributed by atoms with E-state index in [1.807, 2.05) is 30.3 Å². The molecule has 2 N–H and O–H groups in total. The van der Waals surface area contributed by atoms with E-state index in [0.717, 1.165) is 10.8 Å². The van der Waals surface area contributed by atoms with Crippen LogP contribution in [-0.2, 0) is 6.54 Å². The van der Waals surface area contributed by atoms with Crippen LogP contribution in [0.1, 0.15) is 29.9 Å². The molecule has 1 amide bonds. The molecule has 7 nitrogen and oxygen atoms in total. The fraction of sp³-hybridized carbons (Fsp3) is 0.167. The van der Waals surface area contributed by atoms with E-state index in [-0.39, 0.29) is 17.8 Å². The number of pyridine rings is 1. The van der Waals surface area contributed by atoms with Gasteiger partial charge in [-0.05, 0) is 68.1 Å². The lowest BCUT2D eigenvalue weighted by Crippen LogP contribution is -2.32. The zero-order valence-electron chi connectivity index (χ0n) is 21.3. The van der Waals surface area contributed by atoms with Crippen LogP contribution in [-0.4, -0.2) is 31.0 Å². The molecule has 0 spiro atoms. The highest BCUT2D eigenvalue weighted by molar-refractivity contribution is 6.05. The Kier molecular flexibility index (Phi) is 6.42. The Hall–Kier alpha value is -4.56. The van der Waals surface area contributed by atoms with E-state index in [0.29, 0.717) is 22.5 Å². The maximum absolute atomic E-state index is 15.3. The summed E-state index contributed by atoms with van der Waals surface area (Å²) in [6.07, 6.45) is 3.38. The summed E-state index contributed by atoms with van der Waals surface area (Å²) in [6.45, 7) is 4.99. The molecule has 0 aliphatic heterocycles. The highest BCUT2D eigenvalue weighted by Crippen LogP contribution is 2.31. The van der Waals surface area contributed by atoms with Gasteiger partial charge in [0.1, 0.15) is 11.4 Å². The molecule has 2 heterocycles. The molecule has 0 saturated heterocycles. The predicted molar refractivity (Wildman–Crippen MR) is 146 cm³/mol. The number of hydrogen-bond donors (Lipinski definition) is 2. The standard InChI is InChI=1S/C30H27FN4O3/c1-19-27(29(37)35(22-9-5-4-6-10-22)34(19)18-30(2,3)38)28(36)33-21-12-13-25(26(31)16-21)24-11-7-8-20-17-32-15-14-23(20)24/h4-17,38H,18H2,1-3H3,(H,33,36). The van der Waals surface area contributed by atoms with Crippen LogP contribution in [0.25, 0.3) is 27.6 Å². The third-order valence-electron chi connectivity index (χ3n) is 6.36. The molecule has 3 aromatic carbocycles. The first kappa shape index (κ1) is 25.1. The summed E-state index contributed by atoms with van der Waals surface area (Å²) in [7, 11) is 0. The summed E-state index contributed by atoms with van der Waals surface area (Å²) in [5.74, 6) is -1.17. The average Bonchev–Trinajstić information content (AvgIpc) is 3.12. The molecule has 5 rings (SSSR count). The zero-order chi connectivity index (χ0) is 27.0. The fourth-order valence-electron chi connectivity index (χ4n) is 4.65. The van der Waals surface area contributed by atoms with Gasteiger partial charge < -0.3 is 10.4 Å². The third kappa shape index (κ3) is 4.73. The van der Waals surface area contributed by atoms with Gasteiger partial charge in [0.25, 0.3) is 11.5 Å². The van der Waals surface area contributed by atoms with Crippen molar-refractivity contribution < 1.29 is 14.3 Å². The second-order valence-electron chi connectivity index (χ2n) is 9.83. The van der Waals surface area contributed by atoms with Crippen LogP contribution < -0.4 is 10.9 Å². The minimum absolute atomic E-state index is 0.0795. The Morgan fingerprint density at radius 3 is 2.50 bits per heavy atom. The van der Waals surface area contributed by atoms with Crippen LogP contribution in [0.3, 0.4) is 0 Å². The smallest absolute Gasteiger partial charge is 0.284 e. The van der Waals surface area contributed by atoms with E-state index in [1.54, 1.807) is 74.2 Å². The summed E-state index contributed by atoms with van der Waals surface area (Å²) < 4.78 is 18.3. The number of halogens is 1. The van der Waals surface area contributed by atoms with Crippen LogP contribution >= 0.6 is 0 Å². The first-order valence-corrected chi connectivity index (χ1v) is 12.2. The van der Waals surface area contributed by atoms with E-state index in [9.17, 15) is 14.7 Å². The number of fused-ring (bicyclic) bond motifs is 1. The highest BCUT2D eigenvalue weighted by Gasteiger charge is 2.27.